The van der Waals surface area contributed by atoms with Crippen LogP contribution in [0.25, 0.3) is 0 Å². The summed E-state index contributed by atoms with van der Waals surface area (Å²) in [6.07, 6.45) is 5.00. The van der Waals surface area contributed by atoms with Gasteiger partial charge < -0.3 is 15.8 Å². The van der Waals surface area contributed by atoms with Crippen molar-refractivity contribution in [3.05, 3.63) is 0 Å². The molecule has 1 unspecified atom stereocenters. The van der Waals surface area contributed by atoms with Gasteiger partial charge in [-0.25, -0.2) is 0 Å². The van der Waals surface area contributed by atoms with Gasteiger partial charge >= 0.3 is 0 Å². The number of nitrogens with zero attached hydrogens (tertiary/aromatic N) is 2. The monoisotopic (exact) mass is 270 g/mol. The van der Waals surface area contributed by atoms with Gasteiger partial charge in [-0.05, 0) is 13.3 Å². The molecule has 0 saturated carbocycles. The van der Waals surface area contributed by atoms with Crippen LogP contribution in [0.15, 0.2) is 4.99 Å². The summed E-state index contributed by atoms with van der Waals surface area (Å²) in [5.74, 6) is 0.580. The van der Waals surface area contributed by atoms with E-state index < -0.39 is 0 Å². The molecule has 0 aromatic heterocycles. The Morgan fingerprint density at radius 1 is 1.32 bits per heavy atom. The van der Waals surface area contributed by atoms with Gasteiger partial charge in [0.1, 0.15) is 0 Å². The van der Waals surface area contributed by atoms with E-state index in [1.807, 2.05) is 0 Å². The summed E-state index contributed by atoms with van der Waals surface area (Å²) in [5, 5.41) is 3.18. The molecule has 112 valence electrons. The van der Waals surface area contributed by atoms with Crippen molar-refractivity contribution >= 4 is 5.96 Å². The molecule has 0 aromatic rings. The van der Waals surface area contributed by atoms with Crippen LogP contribution < -0.4 is 11.1 Å². The third kappa shape index (κ3) is 7.38. The van der Waals surface area contributed by atoms with Crippen LogP contribution in [-0.2, 0) is 4.74 Å². The largest absolute Gasteiger partial charge is 0.379 e. The van der Waals surface area contributed by atoms with E-state index in [4.69, 9.17) is 10.5 Å². The van der Waals surface area contributed by atoms with Gasteiger partial charge in [0.15, 0.2) is 5.96 Å². The highest BCUT2D eigenvalue weighted by atomic mass is 16.5. The van der Waals surface area contributed by atoms with Crippen molar-refractivity contribution < 1.29 is 4.74 Å². The highest BCUT2D eigenvalue weighted by Crippen LogP contribution is 2.03. The Labute approximate surface area is 117 Å². The maximum atomic E-state index is 5.86. The third-order valence-electron chi connectivity index (χ3n) is 3.53. The lowest BCUT2D eigenvalue weighted by Gasteiger charge is -2.31. The van der Waals surface area contributed by atoms with Crippen molar-refractivity contribution in [2.75, 3.05) is 39.4 Å². The van der Waals surface area contributed by atoms with Crippen molar-refractivity contribution in [1.29, 1.82) is 0 Å². The van der Waals surface area contributed by atoms with Crippen LogP contribution >= 0.6 is 0 Å². The van der Waals surface area contributed by atoms with E-state index >= 15 is 0 Å². The normalized spacial score (nSPS) is 19.4. The predicted molar refractivity (Wildman–Crippen MR) is 80.5 cm³/mol. The van der Waals surface area contributed by atoms with Crippen molar-refractivity contribution in [2.45, 2.75) is 45.6 Å². The Kier molecular flexibility index (Phi) is 8.58. The topological polar surface area (TPSA) is 62.9 Å². The molecule has 1 atom stereocenters. The van der Waals surface area contributed by atoms with Gasteiger partial charge in [0.25, 0.3) is 0 Å². The molecule has 5 heteroatoms. The number of rotatable bonds is 8. The van der Waals surface area contributed by atoms with E-state index in [-0.39, 0.29) is 0 Å². The number of aliphatic imine (C=N–C) groups is 1. The fourth-order valence-electron chi connectivity index (χ4n) is 2.19. The van der Waals surface area contributed by atoms with E-state index in [2.05, 4.69) is 29.1 Å². The number of nitrogens with two attached hydrogens (primary N) is 1. The van der Waals surface area contributed by atoms with Gasteiger partial charge in [0.2, 0.25) is 0 Å². The Bertz CT molecular complexity index is 252. The number of morpholine rings is 1. The second-order valence-corrected chi connectivity index (χ2v) is 5.21. The lowest BCUT2D eigenvalue weighted by atomic mass is 10.2. The Balaban J connectivity index is 2.11. The molecule has 1 fully saturated rings. The van der Waals surface area contributed by atoms with Crippen molar-refractivity contribution in [1.82, 2.24) is 10.2 Å². The first-order chi connectivity index (χ1) is 9.24. The minimum Gasteiger partial charge on any atom is -0.379 e. The highest BCUT2D eigenvalue weighted by molar-refractivity contribution is 5.77. The van der Waals surface area contributed by atoms with Crippen LogP contribution in [0.5, 0.6) is 0 Å². The minimum atomic E-state index is 0.435. The molecule has 0 aromatic carbocycles. The molecule has 1 aliphatic rings. The molecule has 1 saturated heterocycles. The quantitative estimate of drug-likeness (QED) is 0.395. The lowest BCUT2D eigenvalue weighted by molar-refractivity contribution is 0.0220. The smallest absolute Gasteiger partial charge is 0.188 e. The third-order valence-corrected chi connectivity index (χ3v) is 3.53. The SMILES string of the molecule is CCCCCCNC(N)=NCC(C)N1CCOCC1. The van der Waals surface area contributed by atoms with Gasteiger partial charge in [-0.2, -0.15) is 0 Å². The van der Waals surface area contributed by atoms with Gasteiger partial charge in [0.05, 0.1) is 19.8 Å². The molecule has 1 aliphatic heterocycles. The first-order valence-electron chi connectivity index (χ1n) is 7.59. The van der Waals surface area contributed by atoms with Crippen LogP contribution in [0.3, 0.4) is 0 Å². The number of unbranched alkanes of at least 4 members (excludes halogenated alkanes) is 3. The number of hydrogen-bond acceptors (Lipinski definition) is 3. The first-order valence-corrected chi connectivity index (χ1v) is 7.59. The fraction of sp³-hybridized carbons (Fsp3) is 0.929. The molecule has 0 radical (unpaired) electrons. The molecule has 0 aliphatic carbocycles. The molecule has 3 N–H and O–H groups in total. The predicted octanol–water partition coefficient (Wildman–Crippen LogP) is 1.19. The zero-order valence-corrected chi connectivity index (χ0v) is 12.5. The molecule has 5 nitrogen and oxygen atoms in total. The Hall–Kier alpha value is -0.810. The van der Waals surface area contributed by atoms with Crippen molar-refractivity contribution in [3.8, 4) is 0 Å². The van der Waals surface area contributed by atoms with E-state index in [1.165, 1.54) is 25.7 Å². The Morgan fingerprint density at radius 2 is 2.05 bits per heavy atom. The van der Waals surface area contributed by atoms with E-state index in [0.717, 1.165) is 39.4 Å². The fourth-order valence-corrected chi connectivity index (χ4v) is 2.19. The Morgan fingerprint density at radius 3 is 2.74 bits per heavy atom. The van der Waals surface area contributed by atoms with Gasteiger partial charge in [-0.3, -0.25) is 9.89 Å². The summed E-state index contributed by atoms with van der Waals surface area (Å²) in [5.41, 5.74) is 5.86. The molecule has 0 spiro atoms. The number of ether oxygens (including phenoxy) is 1. The molecule has 1 heterocycles. The van der Waals surface area contributed by atoms with Crippen LogP contribution in [0.4, 0.5) is 0 Å². The van der Waals surface area contributed by atoms with Gasteiger partial charge in [0, 0.05) is 25.7 Å². The van der Waals surface area contributed by atoms with Crippen LogP contribution in [0.2, 0.25) is 0 Å². The number of guanidine groups is 1. The maximum Gasteiger partial charge on any atom is 0.188 e. The molecule has 19 heavy (non-hydrogen) atoms. The van der Waals surface area contributed by atoms with Crippen LogP contribution in [0.1, 0.15) is 39.5 Å². The maximum absolute atomic E-state index is 5.86. The minimum absolute atomic E-state index is 0.435. The van der Waals surface area contributed by atoms with E-state index in [1.54, 1.807) is 0 Å². The zero-order chi connectivity index (χ0) is 13.9. The van der Waals surface area contributed by atoms with Gasteiger partial charge in [-0.15, -0.1) is 0 Å². The summed E-state index contributed by atoms with van der Waals surface area (Å²) >= 11 is 0. The van der Waals surface area contributed by atoms with Crippen molar-refractivity contribution in [2.24, 2.45) is 10.7 Å². The molecule has 0 bridgehead atoms. The molecular weight excluding hydrogens is 240 g/mol. The summed E-state index contributed by atoms with van der Waals surface area (Å²) in [6.45, 7) is 9.77. The van der Waals surface area contributed by atoms with E-state index in [0.29, 0.717) is 12.0 Å². The second kappa shape index (κ2) is 10.0. The average molecular weight is 270 g/mol. The summed E-state index contributed by atoms with van der Waals surface area (Å²) in [6, 6.07) is 0.435. The van der Waals surface area contributed by atoms with Crippen LogP contribution in [0, 0.1) is 0 Å². The van der Waals surface area contributed by atoms with Crippen molar-refractivity contribution in [3.63, 3.8) is 0 Å². The molecule has 1 rings (SSSR count). The lowest BCUT2D eigenvalue weighted by Crippen LogP contribution is -2.44. The summed E-state index contributed by atoms with van der Waals surface area (Å²) < 4.78 is 5.35. The molecular formula is C14H30N4O. The second-order valence-electron chi connectivity index (χ2n) is 5.21. The highest BCUT2D eigenvalue weighted by Gasteiger charge is 2.16. The van der Waals surface area contributed by atoms with E-state index in [9.17, 15) is 0 Å². The average Bonchev–Trinajstić information content (AvgIpc) is 2.45. The zero-order valence-electron chi connectivity index (χ0n) is 12.5. The van der Waals surface area contributed by atoms with Crippen LogP contribution in [-0.4, -0.2) is 56.3 Å². The number of nitrogens with one attached hydrogen (secondary N) is 1. The number of hydrogen-bond donors (Lipinski definition) is 2. The van der Waals surface area contributed by atoms with Gasteiger partial charge in [-0.1, -0.05) is 26.2 Å². The summed E-state index contributed by atoms with van der Waals surface area (Å²) in [4.78, 5) is 6.82. The molecule has 0 amide bonds. The standard InChI is InChI=1S/C14H30N4O/c1-3-4-5-6-7-16-14(15)17-12-13(2)18-8-10-19-11-9-18/h13H,3-12H2,1-2H3,(H3,15,16,17). The first kappa shape index (κ1) is 16.2. The summed E-state index contributed by atoms with van der Waals surface area (Å²) in [7, 11) is 0.